The molecule has 0 unspecified atom stereocenters. The number of fused-ring (bicyclic) bond motifs is 1. The van der Waals surface area contributed by atoms with Gasteiger partial charge < -0.3 is 15.4 Å². The van der Waals surface area contributed by atoms with Crippen LogP contribution in [-0.2, 0) is 14.3 Å². The minimum Gasteiger partial charge on any atom is -0.466 e. The van der Waals surface area contributed by atoms with Crippen molar-refractivity contribution in [2.24, 2.45) is 5.41 Å². The molecule has 0 aliphatic carbocycles. The normalized spacial score (nSPS) is 18.6. The van der Waals surface area contributed by atoms with Crippen LogP contribution >= 0.6 is 0 Å². The van der Waals surface area contributed by atoms with Gasteiger partial charge in [-0.15, -0.1) is 0 Å². The maximum atomic E-state index is 12.6. The van der Waals surface area contributed by atoms with Crippen LogP contribution in [0.5, 0.6) is 0 Å². The SMILES string of the molecule is C[C@@H](Nc1ncnc2ccc(NC(=O)C=CCN3CCC4(CCOC(=O)C4)CC3)cc12)c1ccccc1. The van der Waals surface area contributed by atoms with Gasteiger partial charge in [0.05, 0.1) is 18.5 Å². The summed E-state index contributed by atoms with van der Waals surface area (Å²) in [4.78, 5) is 35.5. The number of piperidine rings is 1. The topological polar surface area (TPSA) is 96.4 Å². The lowest BCUT2D eigenvalue weighted by atomic mass is 9.72. The number of nitrogens with zero attached hydrogens (tertiary/aromatic N) is 3. The van der Waals surface area contributed by atoms with Gasteiger partial charge in [-0.3, -0.25) is 14.5 Å². The van der Waals surface area contributed by atoms with Crippen LogP contribution in [0.1, 0.15) is 44.2 Å². The predicted molar refractivity (Wildman–Crippen MR) is 144 cm³/mol. The zero-order valence-corrected chi connectivity index (χ0v) is 21.2. The molecule has 1 aromatic heterocycles. The third-order valence-electron chi connectivity index (χ3n) is 7.52. The van der Waals surface area contributed by atoms with Crippen LogP contribution < -0.4 is 10.6 Å². The van der Waals surface area contributed by atoms with Crippen molar-refractivity contribution in [3.63, 3.8) is 0 Å². The molecule has 2 aliphatic rings. The van der Waals surface area contributed by atoms with Gasteiger partial charge in [0.2, 0.25) is 5.91 Å². The lowest BCUT2D eigenvalue weighted by Crippen LogP contribution is -2.44. The first-order valence-corrected chi connectivity index (χ1v) is 12.9. The van der Waals surface area contributed by atoms with Gasteiger partial charge in [0.25, 0.3) is 0 Å². The Bertz CT molecular complexity index is 1290. The molecule has 3 aromatic rings. The van der Waals surface area contributed by atoms with Crippen LogP contribution in [0.15, 0.2) is 67.0 Å². The molecule has 0 saturated carbocycles. The summed E-state index contributed by atoms with van der Waals surface area (Å²) in [5.74, 6) is 0.485. The summed E-state index contributed by atoms with van der Waals surface area (Å²) in [7, 11) is 0. The first-order chi connectivity index (χ1) is 18.0. The lowest BCUT2D eigenvalue weighted by Gasteiger charge is -2.43. The number of rotatable bonds is 7. The predicted octanol–water partition coefficient (Wildman–Crippen LogP) is 4.72. The van der Waals surface area contributed by atoms with E-state index in [0.717, 1.165) is 54.6 Å². The molecule has 37 heavy (non-hydrogen) atoms. The number of carbonyl (C=O) groups is 2. The molecule has 8 nitrogen and oxygen atoms in total. The molecule has 0 radical (unpaired) electrons. The number of benzene rings is 2. The maximum Gasteiger partial charge on any atom is 0.306 e. The standard InChI is InChI=1S/C29H33N5O3/c1-21(22-6-3-2-4-7-22)32-28-24-18-23(9-10-25(24)30-20-31-28)33-26(35)8-5-14-34-15-11-29(12-16-34)13-17-37-27(36)19-29/h2-10,18,20-21H,11-17,19H2,1H3,(H,33,35)(H,30,31,32)/t21-/m1/s1. The van der Waals surface area contributed by atoms with Crippen LogP contribution in [0.25, 0.3) is 10.9 Å². The molecule has 192 valence electrons. The zero-order valence-electron chi connectivity index (χ0n) is 21.2. The highest BCUT2D eigenvalue weighted by Gasteiger charge is 2.39. The van der Waals surface area contributed by atoms with Gasteiger partial charge in [0.15, 0.2) is 0 Å². The van der Waals surface area contributed by atoms with Crippen molar-refractivity contribution in [2.45, 2.75) is 38.6 Å². The molecular formula is C29H33N5O3. The van der Waals surface area contributed by atoms with Gasteiger partial charge in [-0.2, -0.15) is 0 Å². The van der Waals surface area contributed by atoms with Crippen LogP contribution in [0.3, 0.4) is 0 Å². The highest BCUT2D eigenvalue weighted by molar-refractivity contribution is 6.01. The van der Waals surface area contributed by atoms with Crippen molar-refractivity contribution < 1.29 is 14.3 Å². The van der Waals surface area contributed by atoms with E-state index in [1.54, 1.807) is 12.4 Å². The fourth-order valence-corrected chi connectivity index (χ4v) is 5.24. The van der Waals surface area contributed by atoms with Crippen LogP contribution in [0.4, 0.5) is 11.5 Å². The molecule has 1 spiro atoms. The number of nitrogens with one attached hydrogen (secondary N) is 2. The summed E-state index contributed by atoms with van der Waals surface area (Å²) in [6, 6.07) is 15.9. The number of amides is 1. The van der Waals surface area contributed by atoms with E-state index >= 15 is 0 Å². The summed E-state index contributed by atoms with van der Waals surface area (Å²) in [6.45, 7) is 5.21. The molecule has 2 saturated heterocycles. The average Bonchev–Trinajstić information content (AvgIpc) is 2.91. The van der Waals surface area contributed by atoms with E-state index in [0.29, 0.717) is 25.3 Å². The zero-order chi connectivity index (χ0) is 25.7. The number of aromatic nitrogens is 2. The number of hydrogen-bond donors (Lipinski definition) is 2. The van der Waals surface area contributed by atoms with E-state index in [9.17, 15) is 9.59 Å². The van der Waals surface area contributed by atoms with Crippen molar-refractivity contribution in [1.29, 1.82) is 0 Å². The van der Waals surface area contributed by atoms with Crippen molar-refractivity contribution in [2.75, 3.05) is 36.9 Å². The first-order valence-electron chi connectivity index (χ1n) is 12.9. The largest absolute Gasteiger partial charge is 0.466 e. The second kappa shape index (κ2) is 11.1. The molecule has 8 heteroatoms. The maximum absolute atomic E-state index is 12.6. The molecule has 2 N–H and O–H groups in total. The van der Waals surface area contributed by atoms with Gasteiger partial charge in [-0.1, -0.05) is 36.4 Å². The number of esters is 1. The molecule has 3 heterocycles. The van der Waals surface area contributed by atoms with E-state index in [-0.39, 0.29) is 23.3 Å². The molecule has 2 aromatic carbocycles. The second-order valence-corrected chi connectivity index (χ2v) is 10.1. The first kappa shape index (κ1) is 24.9. The number of hydrogen-bond acceptors (Lipinski definition) is 7. The molecular weight excluding hydrogens is 466 g/mol. The number of likely N-dealkylation sites (tertiary alicyclic amines) is 1. The molecule has 0 bridgehead atoms. The van der Waals surface area contributed by atoms with E-state index in [4.69, 9.17) is 4.74 Å². The summed E-state index contributed by atoms with van der Waals surface area (Å²) in [5.41, 5.74) is 2.77. The summed E-state index contributed by atoms with van der Waals surface area (Å²) in [6.07, 6.45) is 8.54. The van der Waals surface area contributed by atoms with Crippen LogP contribution in [0.2, 0.25) is 0 Å². The molecule has 2 aliphatic heterocycles. The van der Waals surface area contributed by atoms with Gasteiger partial charge in [0, 0.05) is 29.7 Å². The van der Waals surface area contributed by atoms with E-state index in [1.165, 1.54) is 0 Å². The van der Waals surface area contributed by atoms with Crippen molar-refractivity contribution in [3.05, 3.63) is 72.6 Å². The quantitative estimate of drug-likeness (QED) is 0.359. The fraction of sp³-hybridized carbons (Fsp3) is 0.379. The van der Waals surface area contributed by atoms with Crippen LogP contribution in [0, 0.1) is 5.41 Å². The Morgan fingerprint density at radius 3 is 2.73 bits per heavy atom. The fourth-order valence-electron chi connectivity index (χ4n) is 5.24. The highest BCUT2D eigenvalue weighted by atomic mass is 16.5. The molecule has 2 fully saturated rings. The minimum atomic E-state index is -0.174. The summed E-state index contributed by atoms with van der Waals surface area (Å²) in [5, 5.41) is 7.27. The number of cyclic esters (lactones) is 1. The monoisotopic (exact) mass is 499 g/mol. The Kier molecular flexibility index (Phi) is 7.46. The van der Waals surface area contributed by atoms with E-state index in [1.807, 2.05) is 42.5 Å². The van der Waals surface area contributed by atoms with Crippen molar-refractivity contribution >= 4 is 34.3 Å². The smallest absolute Gasteiger partial charge is 0.306 e. The van der Waals surface area contributed by atoms with Gasteiger partial charge in [-0.05, 0) is 68.5 Å². The van der Waals surface area contributed by atoms with Gasteiger partial charge >= 0.3 is 5.97 Å². The number of carbonyl (C=O) groups excluding carboxylic acids is 2. The second-order valence-electron chi connectivity index (χ2n) is 10.1. The Morgan fingerprint density at radius 1 is 1.14 bits per heavy atom. The third-order valence-corrected chi connectivity index (χ3v) is 7.52. The molecule has 5 rings (SSSR count). The lowest BCUT2D eigenvalue weighted by molar-refractivity contribution is -0.155. The van der Waals surface area contributed by atoms with E-state index in [2.05, 4.69) is 44.6 Å². The summed E-state index contributed by atoms with van der Waals surface area (Å²) < 4.78 is 5.12. The van der Waals surface area contributed by atoms with Crippen molar-refractivity contribution in [1.82, 2.24) is 14.9 Å². The van der Waals surface area contributed by atoms with E-state index < -0.39 is 0 Å². The highest BCUT2D eigenvalue weighted by Crippen LogP contribution is 2.40. The number of ether oxygens (including phenoxy) is 1. The Balaban J connectivity index is 1.17. The number of anilines is 2. The Labute approximate surface area is 217 Å². The van der Waals surface area contributed by atoms with Crippen LogP contribution in [-0.4, -0.2) is 53.0 Å². The Hall–Kier alpha value is -3.78. The molecule has 1 amide bonds. The molecule has 1 atom stereocenters. The Morgan fingerprint density at radius 2 is 1.95 bits per heavy atom. The third kappa shape index (κ3) is 6.14. The minimum absolute atomic E-state index is 0.0647. The van der Waals surface area contributed by atoms with Gasteiger partial charge in [-0.25, -0.2) is 9.97 Å². The summed E-state index contributed by atoms with van der Waals surface area (Å²) >= 11 is 0. The average molecular weight is 500 g/mol. The van der Waals surface area contributed by atoms with Gasteiger partial charge in [0.1, 0.15) is 12.1 Å². The van der Waals surface area contributed by atoms with Crippen molar-refractivity contribution in [3.8, 4) is 0 Å².